The molecule has 0 unspecified atom stereocenters. The van der Waals surface area contributed by atoms with Crippen molar-refractivity contribution >= 4 is 11.4 Å². The van der Waals surface area contributed by atoms with Crippen LogP contribution in [0.5, 0.6) is 0 Å². The third kappa shape index (κ3) is 5.22. The molecule has 0 saturated heterocycles. The van der Waals surface area contributed by atoms with E-state index < -0.39 is 0 Å². The maximum absolute atomic E-state index is 4.34. The molecule has 0 atom stereocenters. The topological polar surface area (TPSA) is 31.2 Å². The quantitative estimate of drug-likeness (QED) is 0.486. The lowest BCUT2D eigenvalue weighted by Gasteiger charge is -2.11. The third-order valence-corrected chi connectivity index (χ3v) is 1.42. The summed E-state index contributed by atoms with van der Waals surface area (Å²) >= 11 is 0. The molecule has 0 amide bonds. The average Bonchev–Trinajstić information content (AvgIpc) is 1.98. The summed E-state index contributed by atoms with van der Waals surface area (Å²) < 4.78 is 0. The van der Waals surface area contributed by atoms with Gasteiger partial charge in [0, 0.05) is 28.2 Å². The molecule has 0 rings (SSSR count). The Morgan fingerprint density at radius 2 is 1.46 bits per heavy atom. The van der Waals surface area contributed by atoms with Crippen LogP contribution in [0.25, 0.3) is 0 Å². The van der Waals surface area contributed by atoms with Crippen molar-refractivity contribution in [3.05, 3.63) is 0 Å². The zero-order chi connectivity index (χ0) is 10.4. The molecule has 0 N–H and O–H groups in total. The summed E-state index contributed by atoms with van der Waals surface area (Å²) in [6, 6.07) is 0. The van der Waals surface area contributed by atoms with Gasteiger partial charge in [0.2, 0.25) is 0 Å². The fourth-order valence-corrected chi connectivity index (χ4v) is 0.998. The van der Waals surface area contributed by atoms with Gasteiger partial charge in [0.1, 0.15) is 0 Å². The maximum atomic E-state index is 4.34. The first-order chi connectivity index (χ1) is 5.97. The minimum atomic E-state index is 0.904. The lowest BCUT2D eigenvalue weighted by Crippen LogP contribution is -2.18. The number of hydrogen-bond acceptors (Lipinski definition) is 4. The molecule has 76 valence electrons. The molecule has 0 aliphatic carbocycles. The Bertz CT molecular complexity index is 204. The summed E-state index contributed by atoms with van der Waals surface area (Å²) in [6.07, 6.45) is 0.904. The molecule has 4 nitrogen and oxygen atoms in total. The van der Waals surface area contributed by atoms with Crippen molar-refractivity contribution in [2.75, 3.05) is 28.2 Å². The summed E-state index contributed by atoms with van der Waals surface area (Å²) in [5.41, 5.74) is 2.00. The van der Waals surface area contributed by atoms with Crippen molar-refractivity contribution in [2.45, 2.75) is 20.3 Å². The Labute approximate surface area is 80.9 Å². The molecule has 0 heterocycles. The van der Waals surface area contributed by atoms with Crippen LogP contribution in [0, 0.1) is 0 Å². The predicted molar refractivity (Wildman–Crippen MR) is 58.2 cm³/mol. The number of hydrogen-bond donors (Lipinski definition) is 0. The summed E-state index contributed by atoms with van der Waals surface area (Å²) in [5, 5.41) is 12.2. The van der Waals surface area contributed by atoms with Gasteiger partial charge >= 0.3 is 0 Å². The number of hydrazone groups is 2. The van der Waals surface area contributed by atoms with Gasteiger partial charge < -0.3 is 10.0 Å². The van der Waals surface area contributed by atoms with Crippen LogP contribution in [-0.4, -0.2) is 49.6 Å². The highest BCUT2D eigenvalue weighted by Crippen LogP contribution is 1.94. The normalized spacial score (nSPS) is 13.1. The first-order valence-electron chi connectivity index (χ1n) is 4.45. The monoisotopic (exact) mass is 184 g/mol. The highest BCUT2D eigenvalue weighted by atomic mass is 15.4. The van der Waals surface area contributed by atoms with Crippen LogP contribution in [0.2, 0.25) is 0 Å². The smallest absolute Gasteiger partial charge is 0.0831 e. The fourth-order valence-electron chi connectivity index (χ4n) is 0.998. The Morgan fingerprint density at radius 1 is 1.00 bits per heavy atom. The zero-order valence-corrected chi connectivity index (χ0v) is 9.50. The van der Waals surface area contributed by atoms with Crippen molar-refractivity contribution in [3.8, 4) is 0 Å². The first kappa shape index (κ1) is 11.9. The van der Waals surface area contributed by atoms with Crippen LogP contribution >= 0.6 is 0 Å². The van der Waals surface area contributed by atoms with Gasteiger partial charge in [-0.05, 0) is 13.3 Å². The molecule has 4 heteroatoms. The molecule has 0 fully saturated rings. The molecule has 0 spiro atoms. The maximum Gasteiger partial charge on any atom is 0.0831 e. The zero-order valence-electron chi connectivity index (χ0n) is 9.50. The largest absolute Gasteiger partial charge is 0.303 e. The molecule has 0 aromatic heterocycles. The Kier molecular flexibility index (Phi) is 5.11. The van der Waals surface area contributed by atoms with Crippen LogP contribution in [0.1, 0.15) is 20.3 Å². The van der Waals surface area contributed by atoms with Gasteiger partial charge in [-0.3, -0.25) is 0 Å². The summed E-state index contributed by atoms with van der Waals surface area (Å²) in [5.74, 6) is 0. The van der Waals surface area contributed by atoms with E-state index in [1.54, 1.807) is 10.0 Å². The van der Waals surface area contributed by atoms with Gasteiger partial charge in [0.25, 0.3) is 0 Å². The van der Waals surface area contributed by atoms with Gasteiger partial charge in [-0.2, -0.15) is 10.2 Å². The highest BCUT2D eigenvalue weighted by Gasteiger charge is 2.02. The van der Waals surface area contributed by atoms with E-state index in [0.29, 0.717) is 0 Å². The van der Waals surface area contributed by atoms with Gasteiger partial charge in [-0.1, -0.05) is 6.92 Å². The fraction of sp³-hybridized carbons (Fsp3) is 0.778. The summed E-state index contributed by atoms with van der Waals surface area (Å²) in [6.45, 7) is 4.06. The van der Waals surface area contributed by atoms with Gasteiger partial charge in [-0.15, -0.1) is 0 Å². The lowest BCUT2D eigenvalue weighted by atomic mass is 10.2. The molecular weight excluding hydrogens is 164 g/mol. The predicted octanol–water partition coefficient (Wildman–Crippen LogP) is 1.25. The Balaban J connectivity index is 4.58. The van der Waals surface area contributed by atoms with E-state index in [1.807, 2.05) is 35.1 Å². The molecule has 0 aliphatic rings. The van der Waals surface area contributed by atoms with Crippen LogP contribution < -0.4 is 0 Å². The van der Waals surface area contributed by atoms with Crippen LogP contribution in [0.4, 0.5) is 0 Å². The molecule has 0 aromatic rings. The second-order valence-corrected chi connectivity index (χ2v) is 3.28. The lowest BCUT2D eigenvalue weighted by molar-refractivity contribution is 0.432. The first-order valence-corrected chi connectivity index (χ1v) is 4.45. The molecule has 0 aromatic carbocycles. The van der Waals surface area contributed by atoms with E-state index in [9.17, 15) is 0 Å². The van der Waals surface area contributed by atoms with E-state index >= 15 is 0 Å². The highest BCUT2D eigenvalue weighted by molar-refractivity contribution is 6.41. The molecule has 0 aliphatic heterocycles. The van der Waals surface area contributed by atoms with Crippen molar-refractivity contribution in [1.29, 1.82) is 0 Å². The molecule has 0 saturated carbocycles. The van der Waals surface area contributed by atoms with E-state index in [2.05, 4.69) is 17.1 Å². The molecular formula is C9H20N4. The van der Waals surface area contributed by atoms with E-state index in [-0.39, 0.29) is 0 Å². The second-order valence-electron chi connectivity index (χ2n) is 3.28. The minimum absolute atomic E-state index is 0.904. The van der Waals surface area contributed by atoms with Crippen molar-refractivity contribution in [3.63, 3.8) is 0 Å². The Hall–Kier alpha value is -1.06. The summed E-state index contributed by atoms with van der Waals surface area (Å²) in [7, 11) is 7.65. The SMILES string of the molecule is CCC(=N\N(C)C)/C(C)=N/N(C)C. The van der Waals surface area contributed by atoms with E-state index in [1.165, 1.54) is 0 Å². The van der Waals surface area contributed by atoms with Gasteiger partial charge in [0.15, 0.2) is 0 Å². The van der Waals surface area contributed by atoms with E-state index in [4.69, 9.17) is 0 Å². The standard InChI is InChI=1S/C9H20N4/c1-7-9(11-13(5)6)8(2)10-12(3)4/h7H2,1-6H3/b10-8+,11-9+. The van der Waals surface area contributed by atoms with Crippen molar-refractivity contribution in [1.82, 2.24) is 10.0 Å². The minimum Gasteiger partial charge on any atom is -0.303 e. The van der Waals surface area contributed by atoms with Crippen LogP contribution in [-0.2, 0) is 0 Å². The van der Waals surface area contributed by atoms with Gasteiger partial charge in [0.05, 0.1) is 11.4 Å². The average molecular weight is 184 g/mol. The molecule has 0 bridgehead atoms. The van der Waals surface area contributed by atoms with E-state index in [0.717, 1.165) is 17.8 Å². The van der Waals surface area contributed by atoms with Crippen LogP contribution in [0.15, 0.2) is 10.2 Å². The number of nitrogens with zero attached hydrogens (tertiary/aromatic N) is 4. The van der Waals surface area contributed by atoms with Crippen molar-refractivity contribution in [2.24, 2.45) is 10.2 Å². The summed E-state index contributed by atoms with van der Waals surface area (Å²) in [4.78, 5) is 0. The molecule has 0 radical (unpaired) electrons. The molecule has 13 heavy (non-hydrogen) atoms. The number of rotatable bonds is 4. The van der Waals surface area contributed by atoms with Gasteiger partial charge in [-0.25, -0.2) is 0 Å². The van der Waals surface area contributed by atoms with Crippen LogP contribution in [0.3, 0.4) is 0 Å². The Morgan fingerprint density at radius 3 is 1.77 bits per heavy atom. The van der Waals surface area contributed by atoms with Crippen molar-refractivity contribution < 1.29 is 0 Å². The second kappa shape index (κ2) is 5.56. The third-order valence-electron chi connectivity index (χ3n) is 1.42.